The van der Waals surface area contributed by atoms with Gasteiger partial charge >= 0.3 is 11.9 Å². The molecule has 1 aliphatic rings. The van der Waals surface area contributed by atoms with Crippen LogP contribution in [0.3, 0.4) is 0 Å². The zero-order valence-electron chi connectivity index (χ0n) is 16.9. The Kier molecular flexibility index (Phi) is 12.7. The Morgan fingerprint density at radius 2 is 1.55 bits per heavy atom. The summed E-state index contributed by atoms with van der Waals surface area (Å²) < 4.78 is 25.0. The Balaban J connectivity index is 0.000000281. The summed E-state index contributed by atoms with van der Waals surface area (Å²) in [6.45, 7) is 0. The molecule has 0 radical (unpaired) electrons. The Morgan fingerprint density at radius 1 is 0.935 bits per heavy atom. The number of benzene rings is 2. The lowest BCUT2D eigenvalue weighted by Gasteiger charge is -2.06. The van der Waals surface area contributed by atoms with Gasteiger partial charge in [-0.1, -0.05) is 12.1 Å². The molecule has 1 unspecified atom stereocenters. The van der Waals surface area contributed by atoms with E-state index in [1.165, 1.54) is 14.2 Å². The molecule has 0 spiro atoms. The molecule has 168 valence electrons. The monoisotopic (exact) mass is 766 g/mol. The van der Waals surface area contributed by atoms with Crippen molar-refractivity contribution in [3.63, 3.8) is 0 Å². The predicted molar refractivity (Wildman–Crippen MR) is 144 cm³/mol. The SMILES string of the molecule is COC(=O)c1cccc2c1CC(OC)O2.COC(=O)c1cccc2occc12.I.II. The van der Waals surface area contributed by atoms with E-state index in [0.717, 1.165) is 10.9 Å². The van der Waals surface area contributed by atoms with Crippen LogP contribution in [0.4, 0.5) is 0 Å². The molecule has 0 bridgehead atoms. The lowest BCUT2D eigenvalue weighted by molar-refractivity contribution is -0.0367. The number of esters is 2. The van der Waals surface area contributed by atoms with E-state index in [9.17, 15) is 9.59 Å². The molecule has 2 heterocycles. The van der Waals surface area contributed by atoms with E-state index in [-0.39, 0.29) is 42.2 Å². The van der Waals surface area contributed by atoms with Gasteiger partial charge in [-0.3, -0.25) is 0 Å². The number of hydrogen-bond acceptors (Lipinski definition) is 7. The van der Waals surface area contributed by atoms with Gasteiger partial charge in [-0.15, -0.1) is 24.0 Å². The lowest BCUT2D eigenvalue weighted by atomic mass is 10.1. The molecule has 10 heteroatoms. The average molecular weight is 766 g/mol. The Morgan fingerprint density at radius 3 is 2.19 bits per heavy atom. The van der Waals surface area contributed by atoms with Gasteiger partial charge in [0.15, 0.2) is 0 Å². The number of carbonyl (C=O) groups excluding carboxylic acids is 2. The van der Waals surface area contributed by atoms with Crippen LogP contribution in [0.1, 0.15) is 26.3 Å². The second-order valence-electron chi connectivity index (χ2n) is 5.89. The molecular weight excluding hydrogens is 745 g/mol. The van der Waals surface area contributed by atoms with Gasteiger partial charge in [-0.05, 0) is 30.3 Å². The highest BCUT2D eigenvalue weighted by Crippen LogP contribution is 2.32. The number of hydrogen-bond donors (Lipinski definition) is 0. The third-order valence-corrected chi connectivity index (χ3v) is 4.33. The van der Waals surface area contributed by atoms with Crippen molar-refractivity contribution in [3.05, 3.63) is 65.4 Å². The maximum atomic E-state index is 11.4. The first kappa shape index (κ1) is 27.9. The van der Waals surface area contributed by atoms with Gasteiger partial charge in [0.05, 0.1) is 31.6 Å². The molecule has 31 heavy (non-hydrogen) atoms. The molecule has 0 amide bonds. The summed E-state index contributed by atoms with van der Waals surface area (Å²) in [4.78, 5) is 22.7. The first-order valence-corrected chi connectivity index (χ1v) is 15.0. The molecule has 7 nitrogen and oxygen atoms in total. The second-order valence-corrected chi connectivity index (χ2v) is 5.89. The van der Waals surface area contributed by atoms with E-state index >= 15 is 0 Å². The molecule has 0 saturated heterocycles. The van der Waals surface area contributed by atoms with E-state index in [1.807, 2.05) is 12.1 Å². The minimum atomic E-state index is -0.341. The smallest absolute Gasteiger partial charge is 0.338 e. The van der Waals surface area contributed by atoms with E-state index in [2.05, 4.69) is 42.0 Å². The molecule has 0 saturated carbocycles. The third kappa shape index (κ3) is 6.92. The minimum absolute atomic E-state index is 0. The van der Waals surface area contributed by atoms with Crippen LogP contribution in [0.2, 0.25) is 0 Å². The van der Waals surface area contributed by atoms with Crippen molar-refractivity contribution in [3.8, 4) is 5.75 Å². The van der Waals surface area contributed by atoms with Crippen molar-refractivity contribution >= 4 is 84.1 Å². The summed E-state index contributed by atoms with van der Waals surface area (Å²) in [6, 6.07) is 12.3. The number of methoxy groups -OCH3 is 3. The minimum Gasteiger partial charge on any atom is -0.465 e. The quantitative estimate of drug-likeness (QED) is 0.240. The van der Waals surface area contributed by atoms with Gasteiger partial charge in [0.25, 0.3) is 0 Å². The van der Waals surface area contributed by atoms with Crippen molar-refractivity contribution in [2.24, 2.45) is 0 Å². The number of rotatable bonds is 3. The van der Waals surface area contributed by atoms with Gasteiger partial charge in [0.1, 0.15) is 11.3 Å². The predicted octanol–water partition coefficient (Wildman–Crippen LogP) is 5.99. The maximum absolute atomic E-state index is 11.4. The van der Waals surface area contributed by atoms with Gasteiger partial charge in [-0.25, -0.2) is 9.59 Å². The third-order valence-electron chi connectivity index (χ3n) is 4.33. The summed E-state index contributed by atoms with van der Waals surface area (Å²) in [5.74, 6) is 0.0175. The van der Waals surface area contributed by atoms with Crippen molar-refractivity contribution in [1.29, 1.82) is 0 Å². The van der Waals surface area contributed by atoms with E-state index in [4.69, 9.17) is 18.6 Å². The number of ether oxygens (including phenoxy) is 4. The van der Waals surface area contributed by atoms with Crippen molar-refractivity contribution in [2.45, 2.75) is 12.7 Å². The highest BCUT2D eigenvalue weighted by atomic mass is 128. The standard InChI is InChI=1S/C11H12O4.C10H8O3.I2.HI/c1-13-10-6-8-7(11(12)14-2)4-3-5-9(8)15-10;1-12-10(11)8-3-2-4-9-7(8)5-6-13-9;1-2;/h3-5,10H,6H2,1-2H3;2-6H,1H3;;1H. The molecule has 2 aromatic carbocycles. The molecule has 1 aromatic heterocycles. The fourth-order valence-electron chi connectivity index (χ4n) is 2.95. The average Bonchev–Trinajstić information content (AvgIpc) is 3.46. The molecule has 1 aliphatic heterocycles. The van der Waals surface area contributed by atoms with Gasteiger partial charge < -0.3 is 23.4 Å². The van der Waals surface area contributed by atoms with Crippen LogP contribution in [0.15, 0.2) is 53.1 Å². The Labute approximate surface area is 220 Å². The summed E-state index contributed by atoms with van der Waals surface area (Å²) in [7, 11) is 4.31. The van der Waals surface area contributed by atoms with Crippen molar-refractivity contribution < 1.29 is 33.0 Å². The van der Waals surface area contributed by atoms with Crippen LogP contribution in [-0.2, 0) is 20.6 Å². The maximum Gasteiger partial charge on any atom is 0.338 e. The number of furan rings is 1. The van der Waals surface area contributed by atoms with Crippen LogP contribution in [0, 0.1) is 0 Å². The summed E-state index contributed by atoms with van der Waals surface area (Å²) in [5, 5.41) is 0.786. The van der Waals surface area contributed by atoms with Crippen LogP contribution in [-0.4, -0.2) is 39.6 Å². The van der Waals surface area contributed by atoms with E-state index in [0.29, 0.717) is 28.9 Å². The van der Waals surface area contributed by atoms with Crippen molar-refractivity contribution in [1.82, 2.24) is 0 Å². The largest absolute Gasteiger partial charge is 0.465 e. The number of carbonyl (C=O) groups is 2. The number of halogens is 3. The molecule has 3 aromatic rings. The fourth-order valence-corrected chi connectivity index (χ4v) is 2.95. The van der Waals surface area contributed by atoms with Gasteiger partial charge in [0, 0.05) is 61.7 Å². The molecule has 0 fully saturated rings. The zero-order chi connectivity index (χ0) is 22.1. The normalized spacial score (nSPS) is 13.3. The fraction of sp³-hybridized carbons (Fsp3) is 0.238. The zero-order valence-corrected chi connectivity index (χ0v) is 23.6. The molecule has 4 rings (SSSR count). The highest BCUT2D eigenvalue weighted by molar-refractivity contribution is 15.0. The first-order valence-electron chi connectivity index (χ1n) is 8.67. The first-order chi connectivity index (χ1) is 14.6. The molecular formula is C21H21I3O7. The Hall–Kier alpha value is -1.13. The number of fused-ring (bicyclic) bond motifs is 2. The summed E-state index contributed by atoms with van der Waals surface area (Å²) in [5.41, 5.74) is 2.64. The lowest BCUT2D eigenvalue weighted by Crippen LogP contribution is -2.15. The second kappa shape index (κ2) is 14.1. The molecule has 0 aliphatic carbocycles. The van der Waals surface area contributed by atoms with Crippen LogP contribution < -0.4 is 4.74 Å². The van der Waals surface area contributed by atoms with Crippen molar-refractivity contribution in [2.75, 3.05) is 21.3 Å². The Bertz CT molecular complexity index is 1000. The van der Waals surface area contributed by atoms with Crippen LogP contribution in [0.5, 0.6) is 5.75 Å². The van der Waals surface area contributed by atoms with Crippen LogP contribution >= 0.6 is 61.2 Å². The van der Waals surface area contributed by atoms with E-state index < -0.39 is 0 Å². The highest BCUT2D eigenvalue weighted by Gasteiger charge is 2.27. The molecule has 0 N–H and O–H groups in total. The van der Waals surface area contributed by atoms with Gasteiger partial charge in [-0.2, -0.15) is 0 Å². The summed E-state index contributed by atoms with van der Waals surface area (Å²) in [6.07, 6.45) is 1.83. The van der Waals surface area contributed by atoms with Gasteiger partial charge in [0.2, 0.25) is 6.29 Å². The summed E-state index contributed by atoms with van der Waals surface area (Å²) >= 11 is 4.24. The van der Waals surface area contributed by atoms with Crippen LogP contribution in [0.25, 0.3) is 11.0 Å². The topological polar surface area (TPSA) is 84.2 Å². The molecule has 1 atom stereocenters. The van der Waals surface area contributed by atoms with E-state index in [1.54, 1.807) is 43.7 Å².